The molecule has 1 N–H and O–H groups in total. The zero-order valence-corrected chi connectivity index (χ0v) is 17.1. The molecule has 4 rings (SSSR count). The lowest BCUT2D eigenvalue weighted by molar-refractivity contribution is -0.137. The lowest BCUT2D eigenvalue weighted by atomic mass is 9.94. The third-order valence-electron chi connectivity index (χ3n) is 4.89. The first-order chi connectivity index (χ1) is 14.5. The van der Waals surface area contributed by atoms with Crippen molar-refractivity contribution in [2.24, 2.45) is 7.05 Å². The summed E-state index contributed by atoms with van der Waals surface area (Å²) in [5.41, 5.74) is 0.861. The summed E-state index contributed by atoms with van der Waals surface area (Å²) in [6.07, 6.45) is 3.17. The number of aryl methyl sites for hydroxylation is 1. The van der Waals surface area contributed by atoms with Gasteiger partial charge in [0, 0.05) is 30.5 Å². The van der Waals surface area contributed by atoms with E-state index in [0.29, 0.717) is 41.3 Å². The molecule has 2 atom stereocenters. The number of rotatable bonds is 7. The zero-order chi connectivity index (χ0) is 21.1. The van der Waals surface area contributed by atoms with Crippen LogP contribution in [0.3, 0.4) is 0 Å². The van der Waals surface area contributed by atoms with E-state index < -0.39 is 5.97 Å². The van der Waals surface area contributed by atoms with Gasteiger partial charge in [-0.3, -0.25) is 4.79 Å². The van der Waals surface area contributed by atoms with Gasteiger partial charge in [0.1, 0.15) is 24.8 Å². The Balaban J connectivity index is 1.41. The Hall–Kier alpha value is -3.19. The number of aromatic nitrogens is 2. The molecule has 0 spiro atoms. The minimum Gasteiger partial charge on any atom is -0.490 e. The maximum atomic E-state index is 11.3. The quantitative estimate of drug-likeness (QED) is 0.614. The highest BCUT2D eigenvalue weighted by atomic mass is 35.5. The summed E-state index contributed by atoms with van der Waals surface area (Å²) in [5, 5.41) is 9.89. The number of hydrogen-bond acceptors (Lipinski definition) is 5. The maximum Gasteiger partial charge on any atom is 0.304 e. The van der Waals surface area contributed by atoms with Crippen LogP contribution >= 0.6 is 11.6 Å². The number of nitrogens with zero attached hydrogens (tertiary/aromatic N) is 2. The second kappa shape index (κ2) is 8.67. The zero-order valence-electron chi connectivity index (χ0n) is 16.3. The molecule has 8 heteroatoms. The first-order valence-corrected chi connectivity index (χ1v) is 9.88. The van der Waals surface area contributed by atoms with Gasteiger partial charge in [-0.1, -0.05) is 23.7 Å². The predicted octanol–water partition coefficient (Wildman–Crippen LogP) is 3.90. The fourth-order valence-corrected chi connectivity index (χ4v) is 3.57. The summed E-state index contributed by atoms with van der Waals surface area (Å²) in [4.78, 5) is 15.7. The molecule has 2 unspecified atom stereocenters. The molecule has 0 amide bonds. The van der Waals surface area contributed by atoms with Gasteiger partial charge in [-0.25, -0.2) is 4.98 Å². The molecular weight excluding hydrogens is 408 g/mol. The number of aliphatic carboxylic acids is 1. The molecule has 0 radical (unpaired) electrons. The highest BCUT2D eigenvalue weighted by Crippen LogP contribution is 2.34. The molecular formula is C22H21ClN2O5. The van der Waals surface area contributed by atoms with Crippen LogP contribution in [0.4, 0.5) is 0 Å². The van der Waals surface area contributed by atoms with E-state index in [2.05, 4.69) is 4.98 Å². The van der Waals surface area contributed by atoms with Gasteiger partial charge in [0.25, 0.3) is 0 Å². The number of halogens is 1. The Labute approximate surface area is 178 Å². The molecule has 30 heavy (non-hydrogen) atoms. The SMILES string of the molecule is Cn1ccnc1C(CC(=O)O)c1ccc(OCC2COc3ccc(Cl)cc3O2)cc1. The minimum absolute atomic E-state index is 0.0414. The summed E-state index contributed by atoms with van der Waals surface area (Å²) >= 11 is 6.01. The number of carboxylic acids is 1. The summed E-state index contributed by atoms with van der Waals surface area (Å²) in [6.45, 7) is 0.690. The van der Waals surface area contributed by atoms with E-state index >= 15 is 0 Å². The Kier molecular flexibility index (Phi) is 5.81. The second-order valence-corrected chi connectivity index (χ2v) is 7.51. The lowest BCUT2D eigenvalue weighted by Crippen LogP contribution is -2.34. The molecule has 1 aliphatic rings. The highest BCUT2D eigenvalue weighted by molar-refractivity contribution is 6.30. The maximum absolute atomic E-state index is 11.3. The lowest BCUT2D eigenvalue weighted by Gasteiger charge is -2.26. The van der Waals surface area contributed by atoms with Gasteiger partial charge < -0.3 is 23.9 Å². The van der Waals surface area contributed by atoms with Crippen LogP contribution in [0.5, 0.6) is 17.2 Å². The van der Waals surface area contributed by atoms with Crippen LogP contribution in [0.25, 0.3) is 0 Å². The van der Waals surface area contributed by atoms with Crippen molar-refractivity contribution in [2.75, 3.05) is 13.2 Å². The van der Waals surface area contributed by atoms with E-state index in [1.54, 1.807) is 30.6 Å². The monoisotopic (exact) mass is 428 g/mol. The van der Waals surface area contributed by atoms with Crippen molar-refractivity contribution in [1.29, 1.82) is 0 Å². The molecule has 0 saturated heterocycles. The molecule has 0 saturated carbocycles. The summed E-state index contributed by atoms with van der Waals surface area (Å²) in [5.74, 6) is 1.42. The van der Waals surface area contributed by atoms with Gasteiger partial charge in [0.05, 0.1) is 12.3 Å². The van der Waals surface area contributed by atoms with Gasteiger partial charge in [0.15, 0.2) is 17.6 Å². The van der Waals surface area contributed by atoms with E-state index in [1.807, 2.05) is 35.9 Å². The number of ether oxygens (including phenoxy) is 3. The Morgan fingerprint density at radius 3 is 2.80 bits per heavy atom. The smallest absolute Gasteiger partial charge is 0.304 e. The van der Waals surface area contributed by atoms with Crippen molar-refractivity contribution in [3.8, 4) is 17.2 Å². The number of hydrogen-bond donors (Lipinski definition) is 1. The Morgan fingerprint density at radius 1 is 1.30 bits per heavy atom. The van der Waals surface area contributed by atoms with Crippen LogP contribution in [0.1, 0.15) is 23.7 Å². The molecule has 3 aromatic rings. The number of benzene rings is 2. The summed E-state index contributed by atoms with van der Waals surface area (Å²) in [7, 11) is 1.85. The van der Waals surface area contributed by atoms with Crippen LogP contribution in [-0.2, 0) is 11.8 Å². The number of carbonyl (C=O) groups is 1. The normalized spacial score (nSPS) is 16.1. The van der Waals surface area contributed by atoms with Gasteiger partial charge in [-0.2, -0.15) is 0 Å². The van der Waals surface area contributed by atoms with Crippen LogP contribution in [-0.4, -0.2) is 39.9 Å². The van der Waals surface area contributed by atoms with E-state index in [4.69, 9.17) is 25.8 Å². The summed E-state index contributed by atoms with van der Waals surface area (Å²) in [6, 6.07) is 12.6. The Bertz CT molecular complexity index is 1030. The third kappa shape index (κ3) is 4.52. The van der Waals surface area contributed by atoms with Crippen molar-refractivity contribution in [3.63, 3.8) is 0 Å². The van der Waals surface area contributed by atoms with Crippen molar-refractivity contribution < 1.29 is 24.1 Å². The fraction of sp³-hybridized carbons (Fsp3) is 0.273. The number of carboxylic acid groups (broad SMARTS) is 1. The summed E-state index contributed by atoms with van der Waals surface area (Å²) < 4.78 is 19.3. The highest BCUT2D eigenvalue weighted by Gasteiger charge is 2.23. The van der Waals surface area contributed by atoms with E-state index in [1.165, 1.54) is 0 Å². The first kappa shape index (κ1) is 20.1. The molecule has 1 aromatic heterocycles. The molecule has 7 nitrogen and oxygen atoms in total. The average molecular weight is 429 g/mol. The predicted molar refractivity (Wildman–Crippen MR) is 111 cm³/mol. The van der Waals surface area contributed by atoms with Gasteiger partial charge >= 0.3 is 5.97 Å². The van der Waals surface area contributed by atoms with E-state index in [0.717, 1.165) is 5.56 Å². The topological polar surface area (TPSA) is 82.8 Å². The van der Waals surface area contributed by atoms with Crippen molar-refractivity contribution >= 4 is 17.6 Å². The second-order valence-electron chi connectivity index (χ2n) is 7.07. The molecule has 2 aromatic carbocycles. The fourth-order valence-electron chi connectivity index (χ4n) is 3.40. The third-order valence-corrected chi connectivity index (χ3v) is 5.13. The average Bonchev–Trinajstić information content (AvgIpc) is 3.16. The van der Waals surface area contributed by atoms with Crippen molar-refractivity contribution in [1.82, 2.24) is 9.55 Å². The van der Waals surface area contributed by atoms with Crippen LogP contribution < -0.4 is 14.2 Å². The number of fused-ring (bicyclic) bond motifs is 1. The molecule has 1 aliphatic heterocycles. The van der Waals surface area contributed by atoms with Crippen molar-refractivity contribution in [3.05, 3.63) is 71.3 Å². The number of imidazole rings is 1. The largest absolute Gasteiger partial charge is 0.490 e. The first-order valence-electron chi connectivity index (χ1n) is 9.50. The molecule has 0 bridgehead atoms. The van der Waals surface area contributed by atoms with E-state index in [-0.39, 0.29) is 18.4 Å². The minimum atomic E-state index is -0.877. The van der Waals surface area contributed by atoms with Crippen LogP contribution in [0.2, 0.25) is 5.02 Å². The van der Waals surface area contributed by atoms with E-state index in [9.17, 15) is 9.90 Å². The Morgan fingerprint density at radius 2 is 2.10 bits per heavy atom. The van der Waals surface area contributed by atoms with Crippen LogP contribution in [0, 0.1) is 0 Å². The van der Waals surface area contributed by atoms with Crippen LogP contribution in [0.15, 0.2) is 54.9 Å². The van der Waals surface area contributed by atoms with Gasteiger partial charge in [0.2, 0.25) is 0 Å². The standard InChI is InChI=1S/C22H21ClN2O5/c1-25-9-8-24-22(25)18(11-21(26)27)14-2-5-16(6-3-14)28-12-17-13-29-19-7-4-15(23)10-20(19)30-17/h2-10,17-18H,11-13H2,1H3,(H,26,27). The van der Waals surface area contributed by atoms with Gasteiger partial charge in [-0.05, 0) is 29.8 Å². The molecule has 156 valence electrons. The molecule has 0 aliphatic carbocycles. The van der Waals surface area contributed by atoms with Gasteiger partial charge in [-0.15, -0.1) is 0 Å². The molecule has 2 heterocycles. The van der Waals surface area contributed by atoms with Crippen molar-refractivity contribution in [2.45, 2.75) is 18.4 Å². The molecule has 0 fully saturated rings.